The molecule has 0 aliphatic rings. The Labute approximate surface area is 308 Å². The third-order valence-electron chi connectivity index (χ3n) is 7.43. The molecular formula is C37H40N4O7S3. The van der Waals surface area contributed by atoms with Gasteiger partial charge < -0.3 is 29.8 Å². The van der Waals surface area contributed by atoms with E-state index in [9.17, 15) is 19.2 Å². The average Bonchev–Trinajstić information content (AvgIpc) is 3.88. The van der Waals surface area contributed by atoms with Crippen LogP contribution in [0.25, 0.3) is 31.6 Å². The maximum absolute atomic E-state index is 13.4. The Bertz CT molecular complexity index is 1950. The highest BCUT2D eigenvalue weighted by molar-refractivity contribution is 7.98. The highest BCUT2D eigenvalue weighted by Crippen LogP contribution is 2.37. The lowest BCUT2D eigenvalue weighted by molar-refractivity contribution is -0.145. The van der Waals surface area contributed by atoms with Gasteiger partial charge in [-0.3, -0.25) is 9.59 Å². The minimum absolute atomic E-state index is 0.109. The first-order chi connectivity index (χ1) is 24.4. The number of amides is 3. The van der Waals surface area contributed by atoms with E-state index in [1.165, 1.54) is 30.7 Å². The molecule has 14 heteroatoms. The zero-order valence-electron chi connectivity index (χ0n) is 28.9. The number of aromatic nitrogens is 1. The zero-order valence-corrected chi connectivity index (χ0v) is 31.3. The Hall–Kier alpha value is -4.66. The molecule has 5 aromatic rings. The topological polar surface area (TPSA) is 149 Å². The second-order valence-corrected chi connectivity index (χ2v) is 15.7. The molecular weight excluding hydrogens is 709 g/mol. The molecule has 0 radical (unpaired) electrons. The fourth-order valence-electron chi connectivity index (χ4n) is 4.96. The van der Waals surface area contributed by atoms with Gasteiger partial charge in [0.2, 0.25) is 17.7 Å². The number of carbonyl (C=O) groups excluding carboxylic acids is 4. The number of hydrogen-bond acceptors (Lipinski definition) is 11. The second kappa shape index (κ2) is 17.0. The average molecular weight is 749 g/mol. The molecule has 11 nitrogen and oxygen atoms in total. The largest absolute Gasteiger partial charge is 0.467 e. The predicted octanol–water partition coefficient (Wildman–Crippen LogP) is 6.82. The lowest BCUT2D eigenvalue weighted by atomic mass is 10.0. The van der Waals surface area contributed by atoms with Crippen molar-refractivity contribution in [2.24, 2.45) is 0 Å². The molecule has 3 heterocycles. The van der Waals surface area contributed by atoms with E-state index in [4.69, 9.17) is 13.9 Å². The fraction of sp³-hybridized carbons (Fsp3) is 0.324. The lowest BCUT2D eigenvalue weighted by Gasteiger charge is -2.25. The summed E-state index contributed by atoms with van der Waals surface area (Å²) in [5, 5.41) is 10.0. The van der Waals surface area contributed by atoms with Crippen LogP contribution in [0.5, 0.6) is 0 Å². The number of methoxy groups -OCH3 is 1. The van der Waals surface area contributed by atoms with Crippen molar-refractivity contribution in [1.82, 2.24) is 20.9 Å². The lowest BCUT2D eigenvalue weighted by Crippen LogP contribution is -2.56. The van der Waals surface area contributed by atoms with E-state index in [0.717, 1.165) is 20.9 Å². The van der Waals surface area contributed by atoms with Crippen molar-refractivity contribution < 1.29 is 33.1 Å². The van der Waals surface area contributed by atoms with Crippen LogP contribution in [0.2, 0.25) is 0 Å². The third kappa shape index (κ3) is 10.7. The van der Waals surface area contributed by atoms with Gasteiger partial charge in [0.1, 0.15) is 29.2 Å². The molecule has 0 bridgehead atoms. The number of esters is 1. The SMILES string of the molecule is COC(=O)[C@H](Cc1ccc2oc(-c3ccc(-c4cccs4)s3)nc2c1)NC(=O)[C@H](C)NC(=O)[C@H](CSCc1ccccc1)NC(=O)OC(C)(C)C. The number of benzene rings is 2. The molecule has 0 spiro atoms. The summed E-state index contributed by atoms with van der Waals surface area (Å²) in [6, 6.07) is 20.1. The van der Waals surface area contributed by atoms with Gasteiger partial charge in [-0.1, -0.05) is 42.5 Å². The summed E-state index contributed by atoms with van der Waals surface area (Å²) in [6.45, 7) is 6.68. The maximum Gasteiger partial charge on any atom is 0.408 e. The van der Waals surface area contributed by atoms with Crippen LogP contribution in [0.1, 0.15) is 38.8 Å². The number of nitrogens with one attached hydrogen (secondary N) is 3. The molecule has 0 fully saturated rings. The van der Waals surface area contributed by atoms with Gasteiger partial charge in [0, 0.05) is 27.7 Å². The number of thiophene rings is 2. The van der Waals surface area contributed by atoms with Crippen molar-refractivity contribution in [3.8, 4) is 20.5 Å². The van der Waals surface area contributed by atoms with Crippen molar-refractivity contribution in [2.45, 2.75) is 63.6 Å². The Morgan fingerprint density at radius 2 is 1.63 bits per heavy atom. The van der Waals surface area contributed by atoms with Crippen LogP contribution < -0.4 is 16.0 Å². The highest BCUT2D eigenvalue weighted by Gasteiger charge is 2.29. The second-order valence-electron chi connectivity index (χ2n) is 12.7. The first-order valence-electron chi connectivity index (χ1n) is 16.2. The van der Waals surface area contributed by atoms with Gasteiger partial charge in [-0.25, -0.2) is 14.6 Å². The summed E-state index contributed by atoms with van der Waals surface area (Å²) in [5.74, 6) is -0.480. The van der Waals surface area contributed by atoms with Crippen LogP contribution in [0.15, 0.2) is 82.6 Å². The molecule has 3 aromatic heterocycles. The van der Waals surface area contributed by atoms with Crippen LogP contribution in [0.3, 0.4) is 0 Å². The summed E-state index contributed by atoms with van der Waals surface area (Å²) in [6.07, 6.45) is -0.641. The number of carbonyl (C=O) groups is 4. The molecule has 0 aliphatic heterocycles. The van der Waals surface area contributed by atoms with Gasteiger partial charge in [-0.15, -0.1) is 22.7 Å². The molecule has 0 unspecified atom stereocenters. The number of nitrogens with zero attached hydrogens (tertiary/aromatic N) is 1. The minimum atomic E-state index is -1.05. The van der Waals surface area contributed by atoms with Gasteiger partial charge in [0.25, 0.3) is 0 Å². The van der Waals surface area contributed by atoms with Crippen molar-refractivity contribution in [1.29, 1.82) is 0 Å². The van der Waals surface area contributed by atoms with E-state index in [0.29, 0.717) is 22.7 Å². The summed E-state index contributed by atoms with van der Waals surface area (Å²) in [4.78, 5) is 60.0. The van der Waals surface area contributed by atoms with E-state index in [1.807, 2.05) is 60.0 Å². The quantitative estimate of drug-likeness (QED) is 0.104. The number of rotatable bonds is 14. The molecule has 3 atom stereocenters. The van der Waals surface area contributed by atoms with Crippen LogP contribution in [-0.2, 0) is 36.0 Å². The van der Waals surface area contributed by atoms with E-state index in [-0.39, 0.29) is 12.2 Å². The Balaban J connectivity index is 1.22. The van der Waals surface area contributed by atoms with Crippen LogP contribution in [-0.4, -0.2) is 65.5 Å². The summed E-state index contributed by atoms with van der Waals surface area (Å²) in [5.41, 5.74) is 2.22. The molecule has 5 rings (SSSR count). The van der Waals surface area contributed by atoms with Gasteiger partial charge in [0.15, 0.2) is 5.58 Å². The summed E-state index contributed by atoms with van der Waals surface area (Å²) < 4.78 is 16.4. The Kier molecular flexibility index (Phi) is 12.6. The predicted molar refractivity (Wildman–Crippen MR) is 202 cm³/mol. The first kappa shape index (κ1) is 37.6. The Morgan fingerprint density at radius 3 is 2.33 bits per heavy atom. The smallest absolute Gasteiger partial charge is 0.408 e. The van der Waals surface area contributed by atoms with E-state index in [2.05, 4.69) is 27.0 Å². The molecule has 51 heavy (non-hydrogen) atoms. The van der Waals surface area contributed by atoms with E-state index in [1.54, 1.807) is 55.6 Å². The van der Waals surface area contributed by atoms with Crippen molar-refractivity contribution in [3.05, 3.63) is 89.3 Å². The zero-order chi connectivity index (χ0) is 36.5. The van der Waals surface area contributed by atoms with Gasteiger partial charge in [-0.05, 0) is 74.5 Å². The monoisotopic (exact) mass is 748 g/mol. The molecule has 2 aromatic carbocycles. The van der Waals surface area contributed by atoms with Crippen molar-refractivity contribution in [3.63, 3.8) is 0 Å². The number of ether oxygens (including phenoxy) is 2. The fourth-order valence-corrected chi connectivity index (χ4v) is 7.74. The summed E-state index contributed by atoms with van der Waals surface area (Å²) in [7, 11) is 1.24. The maximum atomic E-state index is 13.4. The van der Waals surface area contributed by atoms with Crippen molar-refractivity contribution in [2.75, 3.05) is 12.9 Å². The minimum Gasteiger partial charge on any atom is -0.467 e. The molecule has 268 valence electrons. The number of thioether (sulfide) groups is 1. The van der Waals surface area contributed by atoms with Crippen LogP contribution in [0, 0.1) is 0 Å². The van der Waals surface area contributed by atoms with E-state index >= 15 is 0 Å². The number of alkyl carbamates (subject to hydrolysis) is 1. The van der Waals surface area contributed by atoms with Crippen LogP contribution >= 0.6 is 34.4 Å². The highest BCUT2D eigenvalue weighted by atomic mass is 32.2. The molecule has 0 saturated carbocycles. The third-order valence-corrected chi connectivity index (χ3v) is 10.7. The standard InChI is InChI=1S/C37H40N4O7S3/c1-22(38-33(43)27(41-36(45)48-37(2,3)4)21-49-20-23-10-7-6-8-11-23)32(42)39-26(35(44)46-5)19-24-13-14-28-25(18-24)40-34(47-28)31-16-15-30(51-31)29-12-9-17-50-29/h6-18,22,26-27H,19-21H2,1-5H3,(H,38,43)(H,39,42)(H,41,45)/t22-,26-,27-/m0/s1. The van der Waals surface area contributed by atoms with Crippen molar-refractivity contribution >= 4 is 69.4 Å². The number of fused-ring (bicyclic) bond motifs is 1. The number of oxazole rings is 1. The van der Waals surface area contributed by atoms with Gasteiger partial charge in [-0.2, -0.15) is 11.8 Å². The van der Waals surface area contributed by atoms with Crippen LogP contribution in [0.4, 0.5) is 4.79 Å². The molecule has 0 aliphatic carbocycles. The van der Waals surface area contributed by atoms with Gasteiger partial charge >= 0.3 is 12.1 Å². The molecule has 3 N–H and O–H groups in total. The summed E-state index contributed by atoms with van der Waals surface area (Å²) >= 11 is 4.71. The Morgan fingerprint density at radius 1 is 0.863 bits per heavy atom. The number of hydrogen-bond donors (Lipinski definition) is 3. The molecule has 3 amide bonds. The normalized spacial score (nSPS) is 13.2. The van der Waals surface area contributed by atoms with Gasteiger partial charge in [0.05, 0.1) is 12.0 Å². The first-order valence-corrected chi connectivity index (χ1v) is 19.1. The molecule has 0 saturated heterocycles. The van der Waals surface area contributed by atoms with E-state index < -0.39 is 47.6 Å².